The number of hydrogen-bond donors (Lipinski definition) is 0. The molecule has 0 aromatic carbocycles. The first-order valence-electron chi connectivity index (χ1n) is 30.6. The van der Waals surface area contributed by atoms with E-state index >= 15 is 0 Å². The maximum absolute atomic E-state index is 12.8. The van der Waals surface area contributed by atoms with Gasteiger partial charge in [-0.3, -0.25) is 14.4 Å². The molecule has 0 heterocycles. The van der Waals surface area contributed by atoms with Crippen LogP contribution in [-0.2, 0) is 28.6 Å². The fourth-order valence-electron chi connectivity index (χ4n) is 8.92. The van der Waals surface area contributed by atoms with Crippen LogP contribution in [0.4, 0.5) is 0 Å². The molecule has 70 heavy (non-hydrogen) atoms. The third kappa shape index (κ3) is 56.3. The molecule has 0 saturated heterocycles. The lowest BCUT2D eigenvalue weighted by Gasteiger charge is -2.18. The van der Waals surface area contributed by atoms with E-state index in [0.29, 0.717) is 19.3 Å². The SMILES string of the molecule is CCCCCC/C=C\C/C=C\CCCCCCCCCC(=O)OC(COC(=O)CCCCCCC)COC(=O)CCCCCCCCCCCCCCCCCCC/C=C\C/C=C\CCCCCCC. The first-order valence-corrected chi connectivity index (χ1v) is 30.6. The minimum atomic E-state index is -0.772. The van der Waals surface area contributed by atoms with Crippen molar-refractivity contribution in [1.29, 1.82) is 0 Å². The third-order valence-corrected chi connectivity index (χ3v) is 13.6. The highest BCUT2D eigenvalue weighted by molar-refractivity contribution is 5.71. The zero-order valence-corrected chi connectivity index (χ0v) is 46.8. The zero-order valence-electron chi connectivity index (χ0n) is 46.8. The summed E-state index contributed by atoms with van der Waals surface area (Å²) >= 11 is 0. The molecule has 0 amide bonds. The molecule has 0 aromatic rings. The van der Waals surface area contributed by atoms with Crippen LogP contribution in [0, 0.1) is 0 Å². The summed E-state index contributed by atoms with van der Waals surface area (Å²) in [5.41, 5.74) is 0. The van der Waals surface area contributed by atoms with Gasteiger partial charge in [-0.1, -0.05) is 268 Å². The van der Waals surface area contributed by atoms with Crippen LogP contribution >= 0.6 is 0 Å². The van der Waals surface area contributed by atoms with Gasteiger partial charge in [0.15, 0.2) is 6.10 Å². The van der Waals surface area contributed by atoms with E-state index in [0.717, 1.165) is 83.5 Å². The van der Waals surface area contributed by atoms with Gasteiger partial charge in [-0.25, -0.2) is 0 Å². The lowest BCUT2D eigenvalue weighted by atomic mass is 10.0. The molecule has 408 valence electrons. The standard InChI is InChI=1S/C64H116O6/c1-4-7-10-13-15-17-19-21-23-25-27-28-29-30-31-32-33-34-35-36-37-39-40-42-44-46-48-51-54-57-63(66)69-60-61(59-68-62(65)56-53-50-12-9-6-3)70-64(67)58-55-52-49-47-45-43-41-38-26-24-22-20-18-16-14-11-8-5-2/h18-21,24-27,61H,4-17,22-23,28-60H2,1-3H3/b20-18-,21-19-,26-24-,27-25-. The summed E-state index contributed by atoms with van der Waals surface area (Å²) < 4.78 is 16.7. The molecule has 0 spiro atoms. The van der Waals surface area contributed by atoms with Gasteiger partial charge in [-0.15, -0.1) is 0 Å². The zero-order chi connectivity index (χ0) is 50.7. The summed E-state index contributed by atoms with van der Waals surface area (Å²) in [6, 6.07) is 0. The summed E-state index contributed by atoms with van der Waals surface area (Å²) in [4.78, 5) is 37.8. The van der Waals surface area contributed by atoms with Crippen molar-refractivity contribution in [2.24, 2.45) is 0 Å². The van der Waals surface area contributed by atoms with Gasteiger partial charge in [0.05, 0.1) is 0 Å². The summed E-state index contributed by atoms with van der Waals surface area (Å²) in [5.74, 6) is -0.882. The highest BCUT2D eigenvalue weighted by Crippen LogP contribution is 2.17. The second-order valence-corrected chi connectivity index (χ2v) is 20.6. The largest absolute Gasteiger partial charge is 0.462 e. The Bertz CT molecular complexity index is 1220. The van der Waals surface area contributed by atoms with Crippen LogP contribution in [0.1, 0.15) is 323 Å². The van der Waals surface area contributed by atoms with Gasteiger partial charge in [0, 0.05) is 19.3 Å². The number of unbranched alkanes of at least 4 members (excludes halogenated alkanes) is 37. The number of carbonyl (C=O) groups excluding carboxylic acids is 3. The van der Waals surface area contributed by atoms with Gasteiger partial charge in [-0.05, 0) is 83.5 Å². The van der Waals surface area contributed by atoms with Gasteiger partial charge in [0.1, 0.15) is 13.2 Å². The summed E-state index contributed by atoms with van der Waals surface area (Å²) in [7, 11) is 0. The normalized spacial score (nSPS) is 12.3. The molecule has 1 unspecified atom stereocenters. The number of allylic oxidation sites excluding steroid dienone is 8. The van der Waals surface area contributed by atoms with Crippen molar-refractivity contribution in [3.63, 3.8) is 0 Å². The Balaban J connectivity index is 3.99. The van der Waals surface area contributed by atoms with Gasteiger partial charge in [0.2, 0.25) is 0 Å². The molecule has 0 N–H and O–H groups in total. The van der Waals surface area contributed by atoms with E-state index in [1.807, 2.05) is 0 Å². The second kappa shape index (κ2) is 58.9. The maximum atomic E-state index is 12.8. The van der Waals surface area contributed by atoms with Crippen molar-refractivity contribution in [3.8, 4) is 0 Å². The van der Waals surface area contributed by atoms with Crippen LogP contribution in [0.3, 0.4) is 0 Å². The Morgan fingerprint density at radius 3 is 0.800 bits per heavy atom. The lowest BCUT2D eigenvalue weighted by Crippen LogP contribution is -2.30. The molecule has 0 aliphatic heterocycles. The van der Waals surface area contributed by atoms with E-state index in [1.165, 1.54) is 199 Å². The van der Waals surface area contributed by atoms with Crippen LogP contribution in [0.5, 0.6) is 0 Å². The Hall–Kier alpha value is -2.63. The Morgan fingerprint density at radius 1 is 0.286 bits per heavy atom. The predicted octanol–water partition coefficient (Wildman–Crippen LogP) is 20.6. The van der Waals surface area contributed by atoms with Crippen molar-refractivity contribution in [1.82, 2.24) is 0 Å². The summed E-state index contributed by atoms with van der Waals surface area (Å²) in [5, 5.41) is 0. The van der Waals surface area contributed by atoms with Crippen molar-refractivity contribution in [2.75, 3.05) is 13.2 Å². The molecule has 6 nitrogen and oxygen atoms in total. The van der Waals surface area contributed by atoms with Gasteiger partial charge in [0.25, 0.3) is 0 Å². The van der Waals surface area contributed by atoms with E-state index in [-0.39, 0.29) is 31.1 Å². The van der Waals surface area contributed by atoms with E-state index in [1.54, 1.807) is 0 Å². The predicted molar refractivity (Wildman–Crippen MR) is 302 cm³/mol. The molecular weight excluding hydrogens is 865 g/mol. The van der Waals surface area contributed by atoms with Crippen molar-refractivity contribution in [2.45, 2.75) is 329 Å². The smallest absolute Gasteiger partial charge is 0.306 e. The van der Waals surface area contributed by atoms with E-state index in [9.17, 15) is 14.4 Å². The fourth-order valence-corrected chi connectivity index (χ4v) is 8.92. The fraction of sp³-hybridized carbons (Fsp3) is 0.828. The quantitative estimate of drug-likeness (QED) is 0.0261. The topological polar surface area (TPSA) is 78.9 Å². The number of hydrogen-bond acceptors (Lipinski definition) is 6. The molecule has 0 bridgehead atoms. The van der Waals surface area contributed by atoms with Crippen LogP contribution < -0.4 is 0 Å². The number of esters is 3. The lowest BCUT2D eigenvalue weighted by molar-refractivity contribution is -0.167. The van der Waals surface area contributed by atoms with Crippen molar-refractivity contribution in [3.05, 3.63) is 48.6 Å². The van der Waals surface area contributed by atoms with E-state index in [4.69, 9.17) is 14.2 Å². The molecule has 0 aromatic heterocycles. The van der Waals surface area contributed by atoms with Crippen molar-refractivity contribution >= 4 is 17.9 Å². The molecule has 1 atom stereocenters. The maximum Gasteiger partial charge on any atom is 0.306 e. The number of carbonyl (C=O) groups is 3. The molecule has 0 aliphatic carbocycles. The van der Waals surface area contributed by atoms with Crippen LogP contribution in [0.25, 0.3) is 0 Å². The first-order chi connectivity index (χ1) is 34.5. The Labute approximate surface area is 435 Å². The molecule has 0 saturated carbocycles. The molecule has 0 radical (unpaired) electrons. The van der Waals surface area contributed by atoms with Crippen LogP contribution in [-0.4, -0.2) is 37.2 Å². The first kappa shape index (κ1) is 67.4. The van der Waals surface area contributed by atoms with Gasteiger partial charge >= 0.3 is 17.9 Å². The van der Waals surface area contributed by atoms with E-state index < -0.39 is 6.10 Å². The average molecular weight is 982 g/mol. The number of rotatable bonds is 56. The Kier molecular flexibility index (Phi) is 56.7. The minimum Gasteiger partial charge on any atom is -0.462 e. The highest BCUT2D eigenvalue weighted by Gasteiger charge is 2.19. The third-order valence-electron chi connectivity index (χ3n) is 13.6. The minimum absolute atomic E-state index is 0.0737. The molecule has 6 heteroatoms. The molecule has 0 aliphatic rings. The summed E-state index contributed by atoms with van der Waals surface area (Å²) in [6.45, 7) is 6.56. The monoisotopic (exact) mass is 981 g/mol. The van der Waals surface area contributed by atoms with Crippen LogP contribution in [0.15, 0.2) is 48.6 Å². The van der Waals surface area contributed by atoms with Gasteiger partial charge in [-0.2, -0.15) is 0 Å². The average Bonchev–Trinajstić information content (AvgIpc) is 3.36. The van der Waals surface area contributed by atoms with Crippen molar-refractivity contribution < 1.29 is 28.6 Å². The summed E-state index contributed by atoms with van der Waals surface area (Å²) in [6.07, 6.45) is 73.1. The second-order valence-electron chi connectivity index (χ2n) is 20.6. The van der Waals surface area contributed by atoms with Gasteiger partial charge < -0.3 is 14.2 Å². The highest BCUT2D eigenvalue weighted by atomic mass is 16.6. The van der Waals surface area contributed by atoms with E-state index in [2.05, 4.69) is 69.4 Å². The molecular formula is C64H116O6. The van der Waals surface area contributed by atoms with Crippen LogP contribution in [0.2, 0.25) is 0 Å². The number of ether oxygens (including phenoxy) is 3. The molecule has 0 rings (SSSR count). The Morgan fingerprint density at radius 2 is 0.514 bits per heavy atom. The molecule has 0 fully saturated rings.